The number of nitrogens with zero attached hydrogens (tertiary/aromatic N) is 9. The Hall–Kier alpha value is -6.36. The molecule has 3 N–H and O–H groups in total. The summed E-state index contributed by atoms with van der Waals surface area (Å²) in [5, 5.41) is 7.40. The maximum atomic E-state index is 13.9. The highest BCUT2D eigenvalue weighted by molar-refractivity contribution is 5.98. The zero-order chi connectivity index (χ0) is 48.9. The number of amides is 12. The topological polar surface area (TPSA) is 270 Å². The average molecular weight is 907 g/mol. The Morgan fingerprint density at radius 3 is 1.56 bits per heavy atom. The van der Waals surface area contributed by atoms with E-state index in [0.717, 1.165) is 29.4 Å². The molecule has 2 rings (SSSR count). The predicted molar refractivity (Wildman–Crippen MR) is 228 cm³/mol. The van der Waals surface area contributed by atoms with E-state index in [9.17, 15) is 57.5 Å². The minimum atomic E-state index is -1.35. The molecule has 4 unspecified atom stereocenters. The van der Waals surface area contributed by atoms with Crippen LogP contribution < -0.4 is 16.0 Å². The lowest BCUT2D eigenvalue weighted by Gasteiger charge is -2.44. The van der Waals surface area contributed by atoms with Crippen LogP contribution in [0.4, 0.5) is 0 Å². The van der Waals surface area contributed by atoms with Gasteiger partial charge in [0.05, 0.1) is 52.2 Å². The molecular formula is C40H66N12O12. The monoisotopic (exact) mass is 906 g/mol. The van der Waals surface area contributed by atoms with Gasteiger partial charge in [-0.15, -0.1) is 0 Å². The Bertz CT molecular complexity index is 1830. The van der Waals surface area contributed by atoms with Crippen molar-refractivity contribution in [3.63, 3.8) is 0 Å². The molecule has 2 aliphatic rings. The van der Waals surface area contributed by atoms with Crippen molar-refractivity contribution in [2.45, 2.75) is 64.2 Å². The number of carbonyl (C=O) groups is 12. The number of fused-ring (bicyclic) bond motifs is 1. The maximum Gasteiger partial charge on any atom is 0.245 e. The Morgan fingerprint density at radius 1 is 0.609 bits per heavy atom. The third-order valence-electron chi connectivity index (χ3n) is 11.5. The predicted octanol–water partition coefficient (Wildman–Crippen LogP) is -5.19. The minimum absolute atomic E-state index is 0.204. The summed E-state index contributed by atoms with van der Waals surface area (Å²) >= 11 is 0. The summed E-state index contributed by atoms with van der Waals surface area (Å²) in [4.78, 5) is 168. The van der Waals surface area contributed by atoms with Crippen LogP contribution in [-0.2, 0) is 57.5 Å². The normalized spacial score (nSPS) is 24.5. The van der Waals surface area contributed by atoms with Crippen molar-refractivity contribution in [2.24, 2.45) is 5.92 Å². The first-order chi connectivity index (χ1) is 29.7. The van der Waals surface area contributed by atoms with Crippen molar-refractivity contribution in [3.05, 3.63) is 0 Å². The van der Waals surface area contributed by atoms with Crippen molar-refractivity contribution in [1.29, 1.82) is 0 Å². The number of hydrogen-bond donors (Lipinski definition) is 3. The first kappa shape index (κ1) is 53.8. The fraction of sp³-hybridized carbons (Fsp3) is 0.700. The number of rotatable bonds is 3. The highest BCUT2D eigenvalue weighted by Crippen LogP contribution is 2.23. The van der Waals surface area contributed by atoms with Crippen molar-refractivity contribution < 1.29 is 57.5 Å². The van der Waals surface area contributed by atoms with Crippen molar-refractivity contribution >= 4 is 70.9 Å². The minimum Gasteiger partial charge on any atom is -0.347 e. The summed E-state index contributed by atoms with van der Waals surface area (Å²) in [5.74, 6) is -8.34. The van der Waals surface area contributed by atoms with Crippen LogP contribution in [0.3, 0.4) is 0 Å². The third kappa shape index (κ3) is 14.6. The summed E-state index contributed by atoms with van der Waals surface area (Å²) in [5.41, 5.74) is 0. The van der Waals surface area contributed by atoms with Crippen molar-refractivity contribution in [3.8, 4) is 0 Å². The van der Waals surface area contributed by atoms with Gasteiger partial charge in [0.1, 0.15) is 24.2 Å². The largest absolute Gasteiger partial charge is 0.347 e. The van der Waals surface area contributed by atoms with E-state index in [4.69, 9.17) is 0 Å². The van der Waals surface area contributed by atoms with Crippen LogP contribution in [0.1, 0.15) is 40.0 Å². The molecule has 2 fully saturated rings. The van der Waals surface area contributed by atoms with Gasteiger partial charge in [0.25, 0.3) is 0 Å². The Labute approximate surface area is 373 Å². The highest BCUT2D eigenvalue weighted by atomic mass is 16.2. The van der Waals surface area contributed by atoms with Gasteiger partial charge in [0.15, 0.2) is 0 Å². The number of hydrogen-bond acceptors (Lipinski definition) is 12. The quantitative estimate of drug-likeness (QED) is 0.240. The average Bonchev–Trinajstić information content (AvgIpc) is 3.22. The molecular weight excluding hydrogens is 841 g/mol. The second kappa shape index (κ2) is 23.9. The number of nitrogens with one attached hydrogen (secondary N) is 3. The molecule has 12 amide bonds. The smallest absolute Gasteiger partial charge is 0.245 e. The van der Waals surface area contributed by atoms with E-state index in [1.165, 1.54) is 85.1 Å². The molecule has 0 aromatic heterocycles. The lowest BCUT2D eigenvalue weighted by atomic mass is 9.96. The molecule has 358 valence electrons. The van der Waals surface area contributed by atoms with E-state index < -0.39 is 153 Å². The molecule has 0 aromatic rings. The van der Waals surface area contributed by atoms with E-state index in [1.54, 1.807) is 13.8 Å². The van der Waals surface area contributed by atoms with Gasteiger partial charge in [0, 0.05) is 70.0 Å². The fourth-order valence-corrected chi connectivity index (χ4v) is 6.51. The van der Waals surface area contributed by atoms with Crippen LogP contribution in [0.5, 0.6) is 0 Å². The van der Waals surface area contributed by atoms with Gasteiger partial charge < -0.3 is 60.0 Å². The molecule has 0 radical (unpaired) electrons. The number of carbonyl (C=O) groups excluding carboxylic acids is 12. The van der Waals surface area contributed by atoms with E-state index in [2.05, 4.69) is 16.0 Å². The summed E-state index contributed by atoms with van der Waals surface area (Å²) in [6.07, 6.45) is 0.183. The lowest BCUT2D eigenvalue weighted by molar-refractivity contribution is -0.158. The first-order valence-electron chi connectivity index (χ1n) is 20.8. The molecule has 0 aromatic carbocycles. The van der Waals surface area contributed by atoms with Gasteiger partial charge in [-0.1, -0.05) is 20.3 Å². The summed E-state index contributed by atoms with van der Waals surface area (Å²) in [6.45, 7) is 1.62. The maximum absolute atomic E-state index is 13.9. The molecule has 24 heteroatoms. The van der Waals surface area contributed by atoms with Crippen LogP contribution in [0.2, 0.25) is 0 Å². The lowest BCUT2D eigenvalue weighted by Crippen LogP contribution is -2.63. The van der Waals surface area contributed by atoms with Gasteiger partial charge in [-0.3, -0.25) is 57.5 Å². The van der Waals surface area contributed by atoms with Gasteiger partial charge in [-0.2, -0.15) is 0 Å². The molecule has 0 aliphatic carbocycles. The zero-order valence-electron chi connectivity index (χ0n) is 39.1. The SMILES string of the molecule is CC[C@H](C)C1NC(=O)CN(C)C(=O)CC(C(=O)N(C)C)N(C)C(=O)CN(C)C(=O)CNC(=O)CN(C)C(=O)CNC(=O)CN(C)C(=O)CN(C)C(=O)C2CCN2C(=O)C(C)N(C)C1=O. The standard InChI is InChI=1S/C40H66N12O12/c1-13-24(2)36-40(64)50(11)25(3)37(61)52-15-14-26(52)39(63)49(10)22-34(59)47(8)20-29(54)41-17-32(57)46(7)19-28(53)42-18-33(58)48(9)23-35(60)51(12)27(38(62)44(4)5)16-31(56)45(6)21-30(55)43-36/h24-27,36H,13-23H2,1-12H3,(H,41,54)(H,42,53)(H,43,55)/t24-,25?,26?,27?,36?/m0/s1. The van der Waals surface area contributed by atoms with Gasteiger partial charge >= 0.3 is 0 Å². The second-order valence-corrected chi connectivity index (χ2v) is 16.6. The van der Waals surface area contributed by atoms with Crippen LogP contribution in [0.15, 0.2) is 0 Å². The molecule has 0 spiro atoms. The molecule has 2 aliphatic heterocycles. The van der Waals surface area contributed by atoms with E-state index in [1.807, 2.05) is 0 Å². The Kier molecular flexibility index (Phi) is 20.1. The molecule has 2 saturated heterocycles. The third-order valence-corrected chi connectivity index (χ3v) is 11.5. The van der Waals surface area contributed by atoms with Crippen LogP contribution in [0, 0.1) is 5.92 Å². The highest BCUT2D eigenvalue weighted by Gasteiger charge is 2.43. The van der Waals surface area contributed by atoms with E-state index in [0.29, 0.717) is 12.8 Å². The first-order valence-corrected chi connectivity index (χ1v) is 20.8. The molecule has 24 nitrogen and oxygen atoms in total. The van der Waals surface area contributed by atoms with Crippen molar-refractivity contribution in [1.82, 2.24) is 60.0 Å². The molecule has 2 heterocycles. The molecule has 0 saturated carbocycles. The van der Waals surface area contributed by atoms with Crippen LogP contribution in [-0.4, -0.2) is 255 Å². The van der Waals surface area contributed by atoms with E-state index >= 15 is 0 Å². The van der Waals surface area contributed by atoms with E-state index in [-0.39, 0.29) is 6.54 Å². The van der Waals surface area contributed by atoms with Crippen LogP contribution >= 0.6 is 0 Å². The molecule has 0 bridgehead atoms. The van der Waals surface area contributed by atoms with Gasteiger partial charge in [0.2, 0.25) is 70.9 Å². The zero-order valence-corrected chi connectivity index (χ0v) is 39.1. The number of likely N-dealkylation sites (N-methyl/N-ethyl adjacent to an activating group) is 8. The summed E-state index contributed by atoms with van der Waals surface area (Å²) in [7, 11) is 12.1. The molecule has 64 heavy (non-hydrogen) atoms. The summed E-state index contributed by atoms with van der Waals surface area (Å²) in [6, 6.07) is -4.49. The van der Waals surface area contributed by atoms with Crippen LogP contribution in [0.25, 0.3) is 0 Å². The van der Waals surface area contributed by atoms with Gasteiger partial charge in [-0.05, 0) is 19.3 Å². The Morgan fingerprint density at radius 2 is 1.08 bits per heavy atom. The fourth-order valence-electron chi connectivity index (χ4n) is 6.51. The second-order valence-electron chi connectivity index (χ2n) is 16.6. The van der Waals surface area contributed by atoms with Gasteiger partial charge in [-0.25, -0.2) is 0 Å². The molecule has 5 atom stereocenters. The summed E-state index contributed by atoms with van der Waals surface area (Å²) < 4.78 is 0. The Balaban J connectivity index is 2.39. The van der Waals surface area contributed by atoms with Crippen molar-refractivity contribution in [2.75, 3.05) is 116 Å².